The molecule has 1 aromatic heterocycles. The van der Waals surface area contributed by atoms with Crippen LogP contribution in [0.2, 0.25) is 0 Å². The van der Waals surface area contributed by atoms with E-state index in [1.54, 1.807) is 17.4 Å². The Morgan fingerprint density at radius 2 is 2.14 bits per heavy atom. The summed E-state index contributed by atoms with van der Waals surface area (Å²) in [5.41, 5.74) is 1.81. The smallest absolute Gasteiger partial charge is 0.129 e. The molecule has 2 aromatic rings. The van der Waals surface area contributed by atoms with Crippen molar-refractivity contribution in [2.45, 2.75) is 38.9 Å². The summed E-state index contributed by atoms with van der Waals surface area (Å²) in [6.45, 7) is 4.45. The number of halogens is 1. The number of hydrogen-bond acceptors (Lipinski definition) is 3. The molecular formula is C17H21FN2S. The summed E-state index contributed by atoms with van der Waals surface area (Å²) in [5, 5.41) is 5.52. The first-order valence-corrected chi connectivity index (χ1v) is 8.44. The van der Waals surface area contributed by atoms with E-state index in [9.17, 15) is 4.39 Å². The average Bonchev–Trinajstić information content (AvgIpc) is 3.18. The van der Waals surface area contributed by atoms with Gasteiger partial charge in [0.2, 0.25) is 0 Å². The van der Waals surface area contributed by atoms with Crippen LogP contribution in [0.3, 0.4) is 0 Å². The first-order valence-electron chi connectivity index (χ1n) is 7.56. The molecule has 3 rings (SSSR count). The second kappa shape index (κ2) is 6.58. The molecule has 0 amide bonds. The maximum atomic E-state index is 14.2. The molecule has 1 fully saturated rings. The number of thiophene rings is 1. The Balaban J connectivity index is 1.81. The van der Waals surface area contributed by atoms with Crippen LogP contribution in [0, 0.1) is 5.82 Å². The van der Waals surface area contributed by atoms with Gasteiger partial charge in [-0.2, -0.15) is 0 Å². The Bertz CT molecular complexity index is 578. The lowest BCUT2D eigenvalue weighted by Crippen LogP contribution is -2.25. The van der Waals surface area contributed by atoms with Crippen LogP contribution in [-0.4, -0.2) is 12.6 Å². The van der Waals surface area contributed by atoms with Crippen LogP contribution in [0.25, 0.3) is 0 Å². The van der Waals surface area contributed by atoms with Crippen molar-refractivity contribution in [3.05, 3.63) is 52.0 Å². The van der Waals surface area contributed by atoms with Gasteiger partial charge in [0.15, 0.2) is 0 Å². The summed E-state index contributed by atoms with van der Waals surface area (Å²) in [4.78, 5) is 3.56. The summed E-state index contributed by atoms with van der Waals surface area (Å²) < 4.78 is 14.2. The third kappa shape index (κ3) is 3.63. The minimum absolute atomic E-state index is 0.106. The molecule has 4 heteroatoms. The van der Waals surface area contributed by atoms with Crippen LogP contribution in [0.4, 0.5) is 10.1 Å². The molecule has 2 nitrogen and oxygen atoms in total. The Morgan fingerprint density at radius 1 is 1.29 bits per heavy atom. The van der Waals surface area contributed by atoms with Crippen molar-refractivity contribution in [2.75, 3.05) is 11.4 Å². The number of nitrogens with zero attached hydrogens (tertiary/aromatic N) is 1. The number of nitrogens with one attached hydrogen (secondary N) is 1. The molecule has 0 saturated heterocycles. The van der Waals surface area contributed by atoms with Crippen molar-refractivity contribution in [1.82, 2.24) is 5.32 Å². The van der Waals surface area contributed by atoms with Crippen molar-refractivity contribution in [2.24, 2.45) is 0 Å². The number of anilines is 1. The van der Waals surface area contributed by atoms with Gasteiger partial charge in [0.05, 0.1) is 6.54 Å². The van der Waals surface area contributed by atoms with Gasteiger partial charge in [0, 0.05) is 35.3 Å². The van der Waals surface area contributed by atoms with Crippen molar-refractivity contribution in [3.63, 3.8) is 0 Å². The first-order chi connectivity index (χ1) is 10.3. The molecule has 1 aliphatic carbocycles. The highest BCUT2D eigenvalue weighted by atomic mass is 32.1. The van der Waals surface area contributed by atoms with Crippen molar-refractivity contribution in [1.29, 1.82) is 0 Å². The summed E-state index contributed by atoms with van der Waals surface area (Å²) in [6.07, 6.45) is 2.44. The molecule has 0 aliphatic heterocycles. The molecule has 0 spiro atoms. The predicted octanol–water partition coefficient (Wildman–Crippen LogP) is 4.17. The zero-order valence-corrected chi connectivity index (χ0v) is 13.1. The summed E-state index contributed by atoms with van der Waals surface area (Å²) in [7, 11) is 0. The zero-order valence-electron chi connectivity index (χ0n) is 12.3. The molecule has 1 N–H and O–H groups in total. The SMILES string of the molecule is CCN(Cc1cccs1)c1cccc(F)c1CNC1CC1. The van der Waals surface area contributed by atoms with E-state index in [0.29, 0.717) is 12.6 Å². The van der Waals surface area contributed by atoms with Crippen LogP contribution in [0.5, 0.6) is 0 Å². The lowest BCUT2D eigenvalue weighted by Gasteiger charge is -2.25. The molecule has 0 radical (unpaired) electrons. The third-order valence-corrected chi connectivity index (χ3v) is 4.75. The number of hydrogen-bond donors (Lipinski definition) is 1. The number of benzene rings is 1. The highest BCUT2D eigenvalue weighted by molar-refractivity contribution is 7.09. The van der Waals surface area contributed by atoms with E-state index in [1.165, 1.54) is 17.7 Å². The maximum Gasteiger partial charge on any atom is 0.129 e. The lowest BCUT2D eigenvalue weighted by atomic mass is 10.1. The summed E-state index contributed by atoms with van der Waals surface area (Å²) >= 11 is 1.75. The third-order valence-electron chi connectivity index (χ3n) is 3.89. The molecule has 21 heavy (non-hydrogen) atoms. The van der Waals surface area contributed by atoms with Crippen LogP contribution < -0.4 is 10.2 Å². The fourth-order valence-corrected chi connectivity index (χ4v) is 3.23. The zero-order chi connectivity index (χ0) is 14.7. The summed E-state index contributed by atoms with van der Waals surface area (Å²) in [5.74, 6) is -0.106. The molecule has 1 aliphatic rings. The first kappa shape index (κ1) is 14.5. The van der Waals surface area contributed by atoms with Gasteiger partial charge in [0.25, 0.3) is 0 Å². The minimum atomic E-state index is -0.106. The van der Waals surface area contributed by atoms with E-state index >= 15 is 0 Å². The fraction of sp³-hybridized carbons (Fsp3) is 0.412. The van der Waals surface area contributed by atoms with E-state index in [0.717, 1.165) is 24.3 Å². The van der Waals surface area contributed by atoms with Crippen LogP contribution in [0.15, 0.2) is 35.7 Å². The van der Waals surface area contributed by atoms with Crippen molar-refractivity contribution in [3.8, 4) is 0 Å². The van der Waals surface area contributed by atoms with Crippen LogP contribution in [0.1, 0.15) is 30.2 Å². The van der Waals surface area contributed by atoms with E-state index in [-0.39, 0.29) is 5.82 Å². The second-order valence-electron chi connectivity index (χ2n) is 5.49. The van der Waals surface area contributed by atoms with Gasteiger partial charge in [-0.1, -0.05) is 12.1 Å². The normalized spacial score (nSPS) is 14.4. The van der Waals surface area contributed by atoms with Crippen LogP contribution in [-0.2, 0) is 13.1 Å². The highest BCUT2D eigenvalue weighted by Gasteiger charge is 2.22. The van der Waals surface area contributed by atoms with Gasteiger partial charge in [-0.3, -0.25) is 0 Å². The second-order valence-corrected chi connectivity index (χ2v) is 6.52. The highest BCUT2D eigenvalue weighted by Crippen LogP contribution is 2.27. The Kier molecular flexibility index (Phi) is 4.56. The van der Waals surface area contributed by atoms with E-state index in [1.807, 2.05) is 12.1 Å². The lowest BCUT2D eigenvalue weighted by molar-refractivity contribution is 0.585. The van der Waals surface area contributed by atoms with Gasteiger partial charge in [-0.15, -0.1) is 11.3 Å². The Labute approximate surface area is 129 Å². The predicted molar refractivity (Wildman–Crippen MR) is 87.3 cm³/mol. The average molecular weight is 304 g/mol. The molecule has 0 bridgehead atoms. The largest absolute Gasteiger partial charge is 0.366 e. The monoisotopic (exact) mass is 304 g/mol. The van der Waals surface area contributed by atoms with E-state index in [4.69, 9.17) is 0 Å². The van der Waals surface area contributed by atoms with Crippen molar-refractivity contribution < 1.29 is 4.39 Å². The molecule has 1 heterocycles. The molecule has 0 atom stereocenters. The Hall–Kier alpha value is -1.39. The van der Waals surface area contributed by atoms with Gasteiger partial charge >= 0.3 is 0 Å². The fourth-order valence-electron chi connectivity index (χ4n) is 2.51. The quantitative estimate of drug-likeness (QED) is 0.826. The van der Waals surface area contributed by atoms with E-state index < -0.39 is 0 Å². The van der Waals surface area contributed by atoms with Gasteiger partial charge in [0.1, 0.15) is 5.82 Å². The van der Waals surface area contributed by atoms with Gasteiger partial charge in [-0.25, -0.2) is 4.39 Å². The standard InChI is InChI=1S/C17H21FN2S/c1-2-20(12-14-5-4-10-21-14)17-7-3-6-16(18)15(17)11-19-13-8-9-13/h3-7,10,13,19H,2,8-9,11-12H2,1H3. The Morgan fingerprint density at radius 3 is 2.81 bits per heavy atom. The molecule has 112 valence electrons. The van der Waals surface area contributed by atoms with Crippen LogP contribution >= 0.6 is 11.3 Å². The molecule has 0 unspecified atom stereocenters. The van der Waals surface area contributed by atoms with Gasteiger partial charge < -0.3 is 10.2 Å². The number of rotatable bonds is 7. The van der Waals surface area contributed by atoms with Gasteiger partial charge in [-0.05, 0) is 43.3 Å². The van der Waals surface area contributed by atoms with E-state index in [2.05, 4.69) is 34.7 Å². The maximum absolute atomic E-state index is 14.2. The minimum Gasteiger partial charge on any atom is -0.366 e. The molecular weight excluding hydrogens is 283 g/mol. The van der Waals surface area contributed by atoms with Crippen molar-refractivity contribution >= 4 is 17.0 Å². The topological polar surface area (TPSA) is 15.3 Å². The molecule has 1 aromatic carbocycles. The summed E-state index contributed by atoms with van der Waals surface area (Å²) in [6, 6.07) is 10.2. The molecule has 1 saturated carbocycles.